The van der Waals surface area contributed by atoms with Crippen molar-refractivity contribution < 1.29 is 4.74 Å². The van der Waals surface area contributed by atoms with Crippen LogP contribution in [0.5, 0.6) is 0 Å². The Bertz CT molecular complexity index is 316. The molecule has 1 aromatic carbocycles. The highest BCUT2D eigenvalue weighted by molar-refractivity contribution is 5.14. The third-order valence-corrected chi connectivity index (χ3v) is 2.83. The van der Waals surface area contributed by atoms with Gasteiger partial charge in [-0.05, 0) is 45.7 Å². The zero-order valence-corrected chi connectivity index (χ0v) is 12.2. The number of benzene rings is 1. The van der Waals surface area contributed by atoms with Gasteiger partial charge in [-0.2, -0.15) is 0 Å². The third-order valence-electron chi connectivity index (χ3n) is 2.83. The molecule has 1 atom stereocenters. The Labute approximate surface area is 112 Å². The minimum atomic E-state index is -0.0551. The maximum absolute atomic E-state index is 5.87. The SMILES string of the molecule is CCNC(CCc1ccccc1)COC(C)(C)C. The Kier molecular flexibility index (Phi) is 6.37. The molecule has 0 radical (unpaired) electrons. The smallest absolute Gasteiger partial charge is 0.0626 e. The number of rotatable bonds is 7. The molecule has 1 unspecified atom stereocenters. The van der Waals surface area contributed by atoms with Crippen LogP contribution in [0.3, 0.4) is 0 Å². The summed E-state index contributed by atoms with van der Waals surface area (Å²) >= 11 is 0. The Hall–Kier alpha value is -0.860. The van der Waals surface area contributed by atoms with Crippen LogP contribution in [0, 0.1) is 0 Å². The molecule has 0 heterocycles. The second kappa shape index (κ2) is 7.55. The molecule has 102 valence electrons. The van der Waals surface area contributed by atoms with E-state index in [1.807, 2.05) is 0 Å². The van der Waals surface area contributed by atoms with E-state index in [-0.39, 0.29) is 5.60 Å². The summed E-state index contributed by atoms with van der Waals surface area (Å²) in [5, 5.41) is 3.50. The third kappa shape index (κ3) is 6.77. The van der Waals surface area contributed by atoms with Crippen LogP contribution in [0.4, 0.5) is 0 Å². The first kappa shape index (κ1) is 15.2. The molecule has 2 nitrogen and oxygen atoms in total. The summed E-state index contributed by atoms with van der Waals surface area (Å²) in [6.07, 6.45) is 2.22. The average Bonchev–Trinajstić information content (AvgIpc) is 2.33. The maximum atomic E-state index is 5.87. The zero-order chi connectivity index (χ0) is 13.4. The lowest BCUT2D eigenvalue weighted by molar-refractivity contribution is -0.0151. The van der Waals surface area contributed by atoms with Crippen molar-refractivity contribution in [1.29, 1.82) is 0 Å². The Morgan fingerprint density at radius 2 is 1.83 bits per heavy atom. The summed E-state index contributed by atoms with van der Waals surface area (Å²) in [5.41, 5.74) is 1.34. The predicted octanol–water partition coefficient (Wildman–Crippen LogP) is 3.41. The molecule has 0 aromatic heterocycles. The molecule has 0 fully saturated rings. The van der Waals surface area contributed by atoms with Gasteiger partial charge in [-0.25, -0.2) is 0 Å². The van der Waals surface area contributed by atoms with Crippen molar-refractivity contribution in [3.63, 3.8) is 0 Å². The van der Waals surface area contributed by atoms with Crippen molar-refractivity contribution in [2.75, 3.05) is 13.2 Å². The van der Waals surface area contributed by atoms with Crippen LogP contribution < -0.4 is 5.32 Å². The van der Waals surface area contributed by atoms with Gasteiger partial charge in [0.05, 0.1) is 12.2 Å². The first-order chi connectivity index (χ1) is 8.51. The fourth-order valence-electron chi connectivity index (χ4n) is 1.87. The lowest BCUT2D eigenvalue weighted by Crippen LogP contribution is -2.36. The minimum Gasteiger partial charge on any atom is -0.374 e. The van der Waals surface area contributed by atoms with Gasteiger partial charge < -0.3 is 10.1 Å². The number of likely N-dealkylation sites (N-methyl/N-ethyl adjacent to an activating group) is 1. The van der Waals surface area contributed by atoms with Crippen molar-refractivity contribution in [1.82, 2.24) is 5.32 Å². The molecule has 0 aliphatic rings. The molecule has 0 aliphatic carbocycles. The Morgan fingerprint density at radius 3 is 2.39 bits per heavy atom. The molecule has 2 heteroatoms. The lowest BCUT2D eigenvalue weighted by atomic mass is 10.1. The molecule has 0 aliphatic heterocycles. The molecule has 0 saturated heterocycles. The standard InChI is InChI=1S/C16H27NO/c1-5-17-15(13-18-16(2,3)4)12-11-14-9-7-6-8-10-14/h6-10,15,17H,5,11-13H2,1-4H3. The predicted molar refractivity (Wildman–Crippen MR) is 77.9 cm³/mol. The number of nitrogens with one attached hydrogen (secondary N) is 1. The van der Waals surface area contributed by atoms with Crippen molar-refractivity contribution in [3.8, 4) is 0 Å². The highest BCUT2D eigenvalue weighted by atomic mass is 16.5. The molecule has 1 aromatic rings. The molecule has 1 rings (SSSR count). The number of hydrogen-bond donors (Lipinski definition) is 1. The molecule has 0 saturated carbocycles. The molecule has 1 N–H and O–H groups in total. The van der Waals surface area contributed by atoms with Crippen LogP contribution in [-0.2, 0) is 11.2 Å². The van der Waals surface area contributed by atoms with Crippen molar-refractivity contribution in [3.05, 3.63) is 35.9 Å². The van der Waals surface area contributed by atoms with E-state index < -0.39 is 0 Å². The molecule has 0 bridgehead atoms. The Morgan fingerprint density at radius 1 is 1.17 bits per heavy atom. The normalized spacial score (nSPS) is 13.6. The highest BCUT2D eigenvalue weighted by Crippen LogP contribution is 2.10. The van der Waals surface area contributed by atoms with Gasteiger partial charge in [0.25, 0.3) is 0 Å². The average molecular weight is 249 g/mol. The summed E-state index contributed by atoms with van der Waals surface area (Å²) in [5.74, 6) is 0. The Balaban J connectivity index is 2.38. The van der Waals surface area contributed by atoms with E-state index in [9.17, 15) is 0 Å². The van der Waals surface area contributed by atoms with E-state index in [2.05, 4.69) is 63.3 Å². The van der Waals surface area contributed by atoms with Crippen LogP contribution in [0.2, 0.25) is 0 Å². The van der Waals surface area contributed by atoms with E-state index in [1.54, 1.807) is 0 Å². The van der Waals surface area contributed by atoms with Gasteiger partial charge in [-0.1, -0.05) is 37.3 Å². The van der Waals surface area contributed by atoms with E-state index in [1.165, 1.54) is 5.56 Å². The maximum Gasteiger partial charge on any atom is 0.0626 e. The van der Waals surface area contributed by atoms with Gasteiger partial charge >= 0.3 is 0 Å². The first-order valence-electron chi connectivity index (χ1n) is 6.92. The molecule has 0 amide bonds. The molecule has 18 heavy (non-hydrogen) atoms. The highest BCUT2D eigenvalue weighted by Gasteiger charge is 2.14. The summed E-state index contributed by atoms with van der Waals surface area (Å²) in [4.78, 5) is 0. The number of ether oxygens (including phenoxy) is 1. The summed E-state index contributed by atoms with van der Waals surface area (Å²) in [7, 11) is 0. The van der Waals surface area contributed by atoms with Crippen molar-refractivity contribution >= 4 is 0 Å². The van der Waals surface area contributed by atoms with Crippen LogP contribution in [0.15, 0.2) is 30.3 Å². The fourth-order valence-corrected chi connectivity index (χ4v) is 1.87. The molecular weight excluding hydrogens is 222 g/mol. The summed E-state index contributed by atoms with van der Waals surface area (Å²) < 4.78 is 5.87. The van der Waals surface area contributed by atoms with Gasteiger partial charge in [-0.3, -0.25) is 0 Å². The van der Waals surface area contributed by atoms with Crippen LogP contribution in [0.25, 0.3) is 0 Å². The number of aryl methyl sites for hydroxylation is 1. The van der Waals surface area contributed by atoms with Gasteiger partial charge in [0.2, 0.25) is 0 Å². The zero-order valence-electron chi connectivity index (χ0n) is 12.2. The van der Waals surface area contributed by atoms with E-state index >= 15 is 0 Å². The topological polar surface area (TPSA) is 21.3 Å². The lowest BCUT2D eigenvalue weighted by Gasteiger charge is -2.25. The molecular formula is C16H27NO. The monoisotopic (exact) mass is 249 g/mol. The summed E-state index contributed by atoms with van der Waals surface area (Å²) in [6, 6.07) is 11.1. The summed E-state index contributed by atoms with van der Waals surface area (Å²) in [6.45, 7) is 10.2. The largest absolute Gasteiger partial charge is 0.374 e. The first-order valence-corrected chi connectivity index (χ1v) is 6.92. The van der Waals surface area contributed by atoms with Gasteiger partial charge in [0.1, 0.15) is 0 Å². The van der Waals surface area contributed by atoms with E-state index in [4.69, 9.17) is 4.74 Å². The van der Waals surface area contributed by atoms with Gasteiger partial charge in [0.15, 0.2) is 0 Å². The number of hydrogen-bond acceptors (Lipinski definition) is 2. The second-order valence-corrected chi connectivity index (χ2v) is 5.70. The van der Waals surface area contributed by atoms with Crippen molar-refractivity contribution in [2.45, 2.75) is 52.2 Å². The van der Waals surface area contributed by atoms with Gasteiger partial charge in [0, 0.05) is 6.04 Å². The van der Waals surface area contributed by atoms with E-state index in [0.717, 1.165) is 26.0 Å². The quantitative estimate of drug-likeness (QED) is 0.799. The van der Waals surface area contributed by atoms with Crippen molar-refractivity contribution in [2.24, 2.45) is 0 Å². The second-order valence-electron chi connectivity index (χ2n) is 5.70. The minimum absolute atomic E-state index is 0.0551. The van der Waals surface area contributed by atoms with Gasteiger partial charge in [-0.15, -0.1) is 0 Å². The van der Waals surface area contributed by atoms with E-state index in [0.29, 0.717) is 6.04 Å². The van der Waals surface area contributed by atoms with Crippen LogP contribution in [-0.4, -0.2) is 24.8 Å². The fraction of sp³-hybridized carbons (Fsp3) is 0.625. The van der Waals surface area contributed by atoms with Crippen LogP contribution >= 0.6 is 0 Å². The van der Waals surface area contributed by atoms with Crippen LogP contribution in [0.1, 0.15) is 39.7 Å². The molecule has 0 spiro atoms.